The molecule has 2 unspecified atom stereocenters. The summed E-state index contributed by atoms with van der Waals surface area (Å²) in [5.74, 6) is 0. The number of benzene rings is 1. The molecule has 0 fully saturated rings. The van der Waals surface area contributed by atoms with Crippen LogP contribution in [0, 0.1) is 0 Å². The van der Waals surface area contributed by atoms with Crippen LogP contribution in [0.3, 0.4) is 0 Å². The molecule has 3 nitrogen and oxygen atoms in total. The molecule has 0 radical (unpaired) electrons. The van der Waals surface area contributed by atoms with Crippen molar-refractivity contribution in [3.05, 3.63) is 35.4 Å². The average Bonchev–Trinajstić information content (AvgIpc) is 2.53. The fourth-order valence-electron chi connectivity index (χ4n) is 2.47. The first kappa shape index (κ1) is 12.6. The van der Waals surface area contributed by atoms with Crippen LogP contribution >= 0.6 is 0 Å². The van der Waals surface area contributed by atoms with Crippen molar-refractivity contribution in [2.24, 2.45) is 0 Å². The van der Waals surface area contributed by atoms with Gasteiger partial charge in [-0.15, -0.1) is 0 Å². The Labute approximate surface area is 104 Å². The summed E-state index contributed by atoms with van der Waals surface area (Å²) in [6.07, 6.45) is 1.13. The van der Waals surface area contributed by atoms with Crippen molar-refractivity contribution in [2.45, 2.75) is 32.0 Å². The third-order valence-corrected chi connectivity index (χ3v) is 3.26. The Morgan fingerprint density at radius 2 is 2.29 bits per heavy atom. The Morgan fingerprint density at radius 3 is 3.12 bits per heavy atom. The lowest BCUT2D eigenvalue weighted by atomic mass is 9.99. The number of fused-ring (bicyclic) bond motifs is 1. The number of ether oxygens (including phenoxy) is 1. The number of rotatable bonds is 4. The van der Waals surface area contributed by atoms with Gasteiger partial charge in [0.15, 0.2) is 0 Å². The SMILES string of the molecule is COCC(C)NC1CCNCc2ccccc21. The molecule has 1 aromatic rings. The Kier molecular flexibility index (Phi) is 4.54. The van der Waals surface area contributed by atoms with Crippen LogP contribution in [-0.2, 0) is 11.3 Å². The van der Waals surface area contributed by atoms with Crippen LogP contribution in [0.5, 0.6) is 0 Å². The molecule has 2 atom stereocenters. The van der Waals surface area contributed by atoms with Crippen LogP contribution in [-0.4, -0.2) is 26.3 Å². The predicted octanol–water partition coefficient (Wildman–Crippen LogP) is 1.85. The zero-order chi connectivity index (χ0) is 12.1. The number of nitrogens with one attached hydrogen (secondary N) is 2. The monoisotopic (exact) mass is 234 g/mol. The molecule has 0 aromatic heterocycles. The third-order valence-electron chi connectivity index (χ3n) is 3.26. The van der Waals surface area contributed by atoms with Crippen LogP contribution < -0.4 is 10.6 Å². The van der Waals surface area contributed by atoms with Crippen LogP contribution in [0.15, 0.2) is 24.3 Å². The van der Waals surface area contributed by atoms with E-state index in [2.05, 4.69) is 41.8 Å². The highest BCUT2D eigenvalue weighted by Gasteiger charge is 2.19. The minimum Gasteiger partial charge on any atom is -0.383 e. The second kappa shape index (κ2) is 6.15. The second-order valence-electron chi connectivity index (χ2n) is 4.74. The maximum atomic E-state index is 5.19. The van der Waals surface area contributed by atoms with Crippen LogP contribution in [0.1, 0.15) is 30.5 Å². The Hall–Kier alpha value is -0.900. The first-order chi connectivity index (χ1) is 8.31. The topological polar surface area (TPSA) is 33.3 Å². The molecule has 1 aromatic carbocycles. The fraction of sp³-hybridized carbons (Fsp3) is 0.571. The zero-order valence-electron chi connectivity index (χ0n) is 10.7. The lowest BCUT2D eigenvalue weighted by molar-refractivity contribution is 0.166. The van der Waals surface area contributed by atoms with Gasteiger partial charge in [0.2, 0.25) is 0 Å². The molecule has 94 valence electrons. The van der Waals surface area contributed by atoms with Gasteiger partial charge >= 0.3 is 0 Å². The lowest BCUT2D eigenvalue weighted by Crippen LogP contribution is -2.34. The summed E-state index contributed by atoms with van der Waals surface area (Å²) in [7, 11) is 1.75. The van der Waals surface area contributed by atoms with Crippen LogP contribution in [0.25, 0.3) is 0 Å². The van der Waals surface area contributed by atoms with Gasteiger partial charge in [-0.3, -0.25) is 0 Å². The Morgan fingerprint density at radius 1 is 1.47 bits per heavy atom. The van der Waals surface area contributed by atoms with Gasteiger partial charge in [0, 0.05) is 25.7 Å². The van der Waals surface area contributed by atoms with E-state index in [9.17, 15) is 0 Å². The zero-order valence-corrected chi connectivity index (χ0v) is 10.7. The van der Waals surface area contributed by atoms with Crippen molar-refractivity contribution in [2.75, 3.05) is 20.3 Å². The number of hydrogen-bond donors (Lipinski definition) is 2. The molecule has 0 saturated carbocycles. The van der Waals surface area contributed by atoms with Crippen molar-refractivity contribution in [3.8, 4) is 0 Å². The summed E-state index contributed by atoms with van der Waals surface area (Å²) in [5.41, 5.74) is 2.84. The molecular weight excluding hydrogens is 212 g/mol. The highest BCUT2D eigenvalue weighted by atomic mass is 16.5. The molecule has 2 N–H and O–H groups in total. The van der Waals surface area contributed by atoms with E-state index >= 15 is 0 Å². The standard InChI is InChI=1S/C14H22N2O/c1-11(10-17-2)16-14-7-8-15-9-12-5-3-4-6-13(12)14/h3-6,11,14-16H,7-10H2,1-2H3. The van der Waals surface area contributed by atoms with Gasteiger partial charge in [-0.25, -0.2) is 0 Å². The Balaban J connectivity index is 2.11. The minimum atomic E-state index is 0.385. The highest BCUT2D eigenvalue weighted by Crippen LogP contribution is 2.23. The van der Waals surface area contributed by atoms with Gasteiger partial charge in [-0.05, 0) is 31.0 Å². The maximum absolute atomic E-state index is 5.19. The van der Waals surface area contributed by atoms with Gasteiger partial charge in [0.1, 0.15) is 0 Å². The summed E-state index contributed by atoms with van der Waals surface area (Å²) in [4.78, 5) is 0. The van der Waals surface area contributed by atoms with Gasteiger partial charge < -0.3 is 15.4 Å². The van der Waals surface area contributed by atoms with Crippen molar-refractivity contribution < 1.29 is 4.74 Å². The smallest absolute Gasteiger partial charge is 0.0613 e. The summed E-state index contributed by atoms with van der Waals surface area (Å²) >= 11 is 0. The van der Waals surface area contributed by atoms with E-state index < -0.39 is 0 Å². The lowest BCUT2D eigenvalue weighted by Gasteiger charge is -2.23. The number of hydrogen-bond acceptors (Lipinski definition) is 3. The molecule has 17 heavy (non-hydrogen) atoms. The quantitative estimate of drug-likeness (QED) is 0.834. The Bertz CT molecular complexity index is 354. The van der Waals surface area contributed by atoms with Crippen molar-refractivity contribution in [1.29, 1.82) is 0 Å². The maximum Gasteiger partial charge on any atom is 0.0613 e. The van der Waals surface area contributed by atoms with Gasteiger partial charge in [-0.2, -0.15) is 0 Å². The third kappa shape index (κ3) is 3.28. The first-order valence-corrected chi connectivity index (χ1v) is 6.34. The second-order valence-corrected chi connectivity index (χ2v) is 4.74. The van der Waals surface area contributed by atoms with Gasteiger partial charge in [0.05, 0.1) is 6.61 Å². The minimum absolute atomic E-state index is 0.385. The van der Waals surface area contributed by atoms with Crippen molar-refractivity contribution in [1.82, 2.24) is 10.6 Å². The van der Waals surface area contributed by atoms with Crippen molar-refractivity contribution >= 4 is 0 Å². The van der Waals surface area contributed by atoms with E-state index in [1.807, 2.05) is 0 Å². The van der Waals surface area contributed by atoms with E-state index in [4.69, 9.17) is 4.74 Å². The predicted molar refractivity (Wildman–Crippen MR) is 70.0 cm³/mol. The molecular formula is C14H22N2O. The molecule has 1 aliphatic rings. The largest absolute Gasteiger partial charge is 0.383 e. The summed E-state index contributed by atoms with van der Waals surface area (Å²) in [6.45, 7) is 4.97. The van der Waals surface area contributed by atoms with Crippen LogP contribution in [0.4, 0.5) is 0 Å². The normalized spacial score (nSPS) is 21.6. The molecule has 0 bridgehead atoms. The van der Waals surface area contributed by atoms with Crippen LogP contribution in [0.2, 0.25) is 0 Å². The van der Waals surface area contributed by atoms with Gasteiger partial charge in [0.25, 0.3) is 0 Å². The van der Waals surface area contributed by atoms with E-state index in [1.165, 1.54) is 11.1 Å². The van der Waals surface area contributed by atoms with E-state index in [1.54, 1.807) is 7.11 Å². The molecule has 0 amide bonds. The average molecular weight is 234 g/mol. The molecule has 0 saturated heterocycles. The molecule has 0 spiro atoms. The summed E-state index contributed by atoms with van der Waals surface area (Å²) in [6, 6.07) is 9.51. The molecule has 3 heteroatoms. The fourth-order valence-corrected chi connectivity index (χ4v) is 2.47. The first-order valence-electron chi connectivity index (χ1n) is 6.34. The van der Waals surface area contributed by atoms with Gasteiger partial charge in [-0.1, -0.05) is 24.3 Å². The number of methoxy groups -OCH3 is 1. The molecule has 2 rings (SSSR count). The van der Waals surface area contributed by atoms with E-state index in [0.29, 0.717) is 12.1 Å². The molecule has 1 heterocycles. The highest BCUT2D eigenvalue weighted by molar-refractivity contribution is 5.31. The molecule has 0 aliphatic carbocycles. The van der Waals surface area contributed by atoms with E-state index in [0.717, 1.165) is 26.1 Å². The summed E-state index contributed by atoms with van der Waals surface area (Å²) in [5, 5.41) is 7.12. The summed E-state index contributed by atoms with van der Waals surface area (Å²) < 4.78 is 5.19. The van der Waals surface area contributed by atoms with Crippen molar-refractivity contribution in [3.63, 3.8) is 0 Å². The molecule has 1 aliphatic heterocycles. The van der Waals surface area contributed by atoms with E-state index in [-0.39, 0.29) is 0 Å².